The van der Waals surface area contributed by atoms with Crippen molar-refractivity contribution in [2.24, 2.45) is 0 Å². The van der Waals surface area contributed by atoms with Gasteiger partial charge in [0.2, 0.25) is 5.91 Å². The summed E-state index contributed by atoms with van der Waals surface area (Å²) >= 11 is 5.46. The number of hydrogen-bond donors (Lipinski definition) is 0. The maximum atomic E-state index is 11.2. The number of alkyl halides is 1. The molecule has 1 amide bonds. The highest BCUT2D eigenvalue weighted by Gasteiger charge is 2.05. The van der Waals surface area contributed by atoms with Crippen LogP contribution in [-0.4, -0.2) is 30.3 Å². The van der Waals surface area contributed by atoms with Crippen molar-refractivity contribution < 1.29 is 4.79 Å². The second kappa shape index (κ2) is 5.76. The van der Waals surface area contributed by atoms with Crippen LogP contribution in [0.25, 0.3) is 0 Å². The Hall–Kier alpha value is -1.02. The van der Waals surface area contributed by atoms with E-state index in [-0.39, 0.29) is 11.8 Å². The first-order chi connectivity index (χ1) is 7.13. The second-order valence-corrected chi connectivity index (χ2v) is 3.95. The summed E-state index contributed by atoms with van der Waals surface area (Å²) in [4.78, 5) is 12.8. The SMILES string of the molecule is Cc1ccc(CCN(C)C(=O)CCl)cc1. The summed E-state index contributed by atoms with van der Waals surface area (Å²) in [7, 11) is 1.78. The Morgan fingerprint density at radius 3 is 2.47 bits per heavy atom. The number of hydrogen-bond acceptors (Lipinski definition) is 1. The highest BCUT2D eigenvalue weighted by Crippen LogP contribution is 2.04. The Labute approximate surface area is 95.8 Å². The van der Waals surface area contributed by atoms with Crippen LogP contribution in [0.15, 0.2) is 24.3 Å². The molecule has 3 heteroatoms. The van der Waals surface area contributed by atoms with E-state index in [1.807, 2.05) is 0 Å². The van der Waals surface area contributed by atoms with E-state index in [4.69, 9.17) is 11.6 Å². The third kappa shape index (κ3) is 3.92. The normalized spacial score (nSPS) is 10.1. The Balaban J connectivity index is 2.43. The summed E-state index contributed by atoms with van der Waals surface area (Å²) in [6.07, 6.45) is 0.874. The smallest absolute Gasteiger partial charge is 0.237 e. The Kier molecular flexibility index (Phi) is 4.63. The van der Waals surface area contributed by atoms with Gasteiger partial charge in [0.1, 0.15) is 5.88 Å². The minimum Gasteiger partial charge on any atom is -0.344 e. The minimum absolute atomic E-state index is 0.0243. The fraction of sp³-hybridized carbons (Fsp3) is 0.417. The van der Waals surface area contributed by atoms with Crippen molar-refractivity contribution in [1.82, 2.24) is 4.90 Å². The molecule has 0 atom stereocenters. The molecule has 1 aromatic rings. The summed E-state index contributed by atoms with van der Waals surface area (Å²) in [5.41, 5.74) is 2.50. The van der Waals surface area contributed by atoms with E-state index in [0.717, 1.165) is 6.42 Å². The number of likely N-dealkylation sites (N-methyl/N-ethyl adjacent to an activating group) is 1. The zero-order valence-corrected chi connectivity index (χ0v) is 9.92. The fourth-order valence-electron chi connectivity index (χ4n) is 1.28. The standard InChI is InChI=1S/C12H16ClNO/c1-10-3-5-11(6-4-10)7-8-14(2)12(15)9-13/h3-6H,7-9H2,1-2H3. The summed E-state index contributed by atoms with van der Waals surface area (Å²) in [6, 6.07) is 8.35. The molecule has 0 saturated heterocycles. The summed E-state index contributed by atoms with van der Waals surface area (Å²) in [5.74, 6) is 0.0356. The number of amides is 1. The lowest BCUT2D eigenvalue weighted by Gasteiger charge is -2.15. The van der Waals surface area contributed by atoms with Crippen molar-refractivity contribution in [1.29, 1.82) is 0 Å². The molecule has 82 valence electrons. The molecule has 0 heterocycles. The van der Waals surface area contributed by atoms with Gasteiger partial charge in [-0.1, -0.05) is 29.8 Å². The summed E-state index contributed by atoms with van der Waals surface area (Å²) in [5, 5.41) is 0. The van der Waals surface area contributed by atoms with Crippen molar-refractivity contribution in [3.8, 4) is 0 Å². The largest absolute Gasteiger partial charge is 0.344 e. The quantitative estimate of drug-likeness (QED) is 0.720. The van der Waals surface area contributed by atoms with Gasteiger partial charge in [0, 0.05) is 13.6 Å². The molecule has 0 fully saturated rings. The maximum Gasteiger partial charge on any atom is 0.237 e. The van der Waals surface area contributed by atoms with Gasteiger partial charge in [-0.2, -0.15) is 0 Å². The molecule has 0 radical (unpaired) electrons. The number of nitrogens with zero attached hydrogens (tertiary/aromatic N) is 1. The van der Waals surface area contributed by atoms with Gasteiger partial charge in [-0.3, -0.25) is 4.79 Å². The van der Waals surface area contributed by atoms with Crippen LogP contribution in [0.2, 0.25) is 0 Å². The lowest BCUT2D eigenvalue weighted by atomic mass is 10.1. The molecule has 0 N–H and O–H groups in total. The molecule has 0 unspecified atom stereocenters. The number of rotatable bonds is 4. The van der Waals surface area contributed by atoms with Crippen LogP contribution in [0.1, 0.15) is 11.1 Å². The first kappa shape index (κ1) is 12.1. The van der Waals surface area contributed by atoms with Gasteiger partial charge in [-0.15, -0.1) is 11.6 Å². The van der Waals surface area contributed by atoms with Crippen molar-refractivity contribution in [3.63, 3.8) is 0 Å². The molecule has 0 bridgehead atoms. The maximum absolute atomic E-state index is 11.2. The van der Waals surface area contributed by atoms with Gasteiger partial charge >= 0.3 is 0 Å². The van der Waals surface area contributed by atoms with Gasteiger partial charge in [-0.05, 0) is 18.9 Å². The molecule has 0 aliphatic rings. The third-order valence-electron chi connectivity index (χ3n) is 2.40. The first-order valence-corrected chi connectivity index (χ1v) is 5.52. The van der Waals surface area contributed by atoms with E-state index in [9.17, 15) is 4.79 Å². The topological polar surface area (TPSA) is 20.3 Å². The van der Waals surface area contributed by atoms with Crippen LogP contribution < -0.4 is 0 Å². The van der Waals surface area contributed by atoms with Crippen LogP contribution in [0.3, 0.4) is 0 Å². The number of carbonyl (C=O) groups excluding carboxylic acids is 1. The average molecular weight is 226 g/mol. The molecular weight excluding hydrogens is 210 g/mol. The van der Waals surface area contributed by atoms with E-state index in [0.29, 0.717) is 6.54 Å². The van der Waals surface area contributed by atoms with Crippen LogP contribution in [0.5, 0.6) is 0 Å². The van der Waals surface area contributed by atoms with Crippen LogP contribution in [0.4, 0.5) is 0 Å². The van der Waals surface area contributed by atoms with Gasteiger partial charge in [0.05, 0.1) is 0 Å². The van der Waals surface area contributed by atoms with Gasteiger partial charge in [0.25, 0.3) is 0 Å². The Bertz CT molecular complexity index is 321. The summed E-state index contributed by atoms with van der Waals surface area (Å²) in [6.45, 7) is 2.78. The van der Waals surface area contributed by atoms with Crippen LogP contribution in [-0.2, 0) is 11.2 Å². The van der Waals surface area contributed by atoms with Crippen molar-refractivity contribution in [2.45, 2.75) is 13.3 Å². The van der Waals surface area contributed by atoms with E-state index in [1.54, 1.807) is 11.9 Å². The lowest BCUT2D eigenvalue weighted by molar-refractivity contribution is -0.127. The number of aryl methyl sites for hydroxylation is 1. The fourth-order valence-corrected chi connectivity index (χ4v) is 1.48. The molecule has 15 heavy (non-hydrogen) atoms. The van der Waals surface area contributed by atoms with Crippen molar-refractivity contribution in [2.75, 3.05) is 19.5 Å². The molecule has 1 aromatic carbocycles. The number of carbonyl (C=O) groups is 1. The zero-order valence-electron chi connectivity index (χ0n) is 9.16. The van der Waals surface area contributed by atoms with Crippen molar-refractivity contribution >= 4 is 17.5 Å². The summed E-state index contributed by atoms with van der Waals surface area (Å²) < 4.78 is 0. The van der Waals surface area contributed by atoms with E-state index >= 15 is 0 Å². The van der Waals surface area contributed by atoms with E-state index < -0.39 is 0 Å². The van der Waals surface area contributed by atoms with Gasteiger partial charge in [-0.25, -0.2) is 0 Å². The highest BCUT2D eigenvalue weighted by molar-refractivity contribution is 6.27. The molecule has 0 aliphatic heterocycles. The van der Waals surface area contributed by atoms with Gasteiger partial charge < -0.3 is 4.90 Å². The lowest BCUT2D eigenvalue weighted by Crippen LogP contribution is -2.29. The van der Waals surface area contributed by atoms with Crippen molar-refractivity contribution in [3.05, 3.63) is 35.4 Å². The molecule has 0 aromatic heterocycles. The van der Waals surface area contributed by atoms with Crippen LogP contribution >= 0.6 is 11.6 Å². The second-order valence-electron chi connectivity index (χ2n) is 3.68. The Morgan fingerprint density at radius 2 is 1.93 bits per heavy atom. The molecule has 1 rings (SSSR count). The molecular formula is C12H16ClNO. The monoisotopic (exact) mass is 225 g/mol. The van der Waals surface area contributed by atoms with Crippen LogP contribution in [0, 0.1) is 6.92 Å². The third-order valence-corrected chi connectivity index (χ3v) is 2.63. The van der Waals surface area contributed by atoms with Gasteiger partial charge in [0.15, 0.2) is 0 Å². The van der Waals surface area contributed by atoms with E-state index in [2.05, 4.69) is 31.2 Å². The van der Waals surface area contributed by atoms with E-state index in [1.165, 1.54) is 11.1 Å². The molecule has 0 aliphatic carbocycles. The zero-order chi connectivity index (χ0) is 11.3. The first-order valence-electron chi connectivity index (χ1n) is 4.99. The average Bonchev–Trinajstić information content (AvgIpc) is 2.26. The predicted molar refractivity (Wildman–Crippen MR) is 63.2 cm³/mol. The highest BCUT2D eigenvalue weighted by atomic mass is 35.5. The Morgan fingerprint density at radius 1 is 1.33 bits per heavy atom. The number of halogens is 1. The predicted octanol–water partition coefficient (Wildman–Crippen LogP) is 2.23. The molecule has 0 spiro atoms. The molecule has 2 nitrogen and oxygen atoms in total. The molecule has 0 saturated carbocycles. The number of benzene rings is 1. The minimum atomic E-state index is -0.0243.